The van der Waals surface area contributed by atoms with Gasteiger partial charge in [0.1, 0.15) is 10.3 Å². The standard InChI is InChI=1S/C11H16BrN3O2/c1-17-6-8-2-4-15(5-3-8)10-9(12)11(16)14-7-13-10/h7-8H,2-6H2,1H3,(H,13,14,16). The summed E-state index contributed by atoms with van der Waals surface area (Å²) in [5.41, 5.74) is -0.131. The second kappa shape index (κ2) is 5.64. The molecule has 2 heterocycles. The van der Waals surface area contributed by atoms with Crippen molar-refractivity contribution in [2.75, 3.05) is 31.7 Å². The van der Waals surface area contributed by atoms with Crippen LogP contribution in [0.3, 0.4) is 0 Å². The molecule has 0 atom stereocenters. The Balaban J connectivity index is 2.05. The van der Waals surface area contributed by atoms with Crippen molar-refractivity contribution in [3.8, 4) is 0 Å². The Bertz CT molecular complexity index is 427. The first-order chi connectivity index (χ1) is 8.22. The molecule has 0 aromatic carbocycles. The van der Waals surface area contributed by atoms with Crippen molar-refractivity contribution >= 4 is 21.7 Å². The van der Waals surface area contributed by atoms with Gasteiger partial charge in [-0.2, -0.15) is 0 Å². The number of aromatic nitrogens is 2. The minimum atomic E-state index is -0.131. The van der Waals surface area contributed by atoms with Crippen LogP contribution in [0.2, 0.25) is 0 Å². The highest BCUT2D eigenvalue weighted by molar-refractivity contribution is 9.10. The SMILES string of the molecule is COCC1CCN(c2nc[nH]c(=O)c2Br)CC1. The maximum absolute atomic E-state index is 11.5. The van der Waals surface area contributed by atoms with Crippen LogP contribution in [-0.4, -0.2) is 36.8 Å². The number of ether oxygens (including phenoxy) is 1. The van der Waals surface area contributed by atoms with Crippen LogP contribution in [0.1, 0.15) is 12.8 Å². The average molecular weight is 302 g/mol. The van der Waals surface area contributed by atoms with Gasteiger partial charge >= 0.3 is 0 Å². The molecule has 0 bridgehead atoms. The molecule has 0 radical (unpaired) electrons. The fourth-order valence-corrected chi connectivity index (χ4v) is 2.61. The lowest BCUT2D eigenvalue weighted by molar-refractivity contribution is 0.139. The second-order valence-electron chi connectivity index (χ2n) is 4.26. The summed E-state index contributed by atoms with van der Waals surface area (Å²) >= 11 is 3.29. The summed E-state index contributed by atoms with van der Waals surface area (Å²) in [5, 5.41) is 0. The van der Waals surface area contributed by atoms with E-state index in [1.54, 1.807) is 7.11 Å². The van der Waals surface area contributed by atoms with Crippen LogP contribution in [0.4, 0.5) is 5.82 Å². The van der Waals surface area contributed by atoms with Crippen molar-refractivity contribution in [3.05, 3.63) is 21.2 Å². The van der Waals surface area contributed by atoms with Gasteiger partial charge in [-0.3, -0.25) is 4.79 Å². The number of methoxy groups -OCH3 is 1. The van der Waals surface area contributed by atoms with E-state index in [4.69, 9.17) is 4.74 Å². The van der Waals surface area contributed by atoms with E-state index in [1.165, 1.54) is 6.33 Å². The van der Waals surface area contributed by atoms with E-state index in [2.05, 4.69) is 30.8 Å². The maximum Gasteiger partial charge on any atom is 0.267 e. The third-order valence-electron chi connectivity index (χ3n) is 3.09. The second-order valence-corrected chi connectivity index (χ2v) is 5.05. The highest BCUT2D eigenvalue weighted by Crippen LogP contribution is 2.25. The van der Waals surface area contributed by atoms with Gasteiger partial charge in [0.25, 0.3) is 5.56 Å². The first-order valence-electron chi connectivity index (χ1n) is 5.69. The molecular formula is C11H16BrN3O2. The zero-order valence-corrected chi connectivity index (χ0v) is 11.4. The molecule has 1 saturated heterocycles. The molecular weight excluding hydrogens is 286 g/mol. The molecule has 1 aliphatic rings. The number of halogens is 1. The molecule has 94 valence electrons. The van der Waals surface area contributed by atoms with Crippen molar-refractivity contribution < 1.29 is 4.74 Å². The summed E-state index contributed by atoms with van der Waals surface area (Å²) < 4.78 is 5.69. The minimum absolute atomic E-state index is 0.131. The summed E-state index contributed by atoms with van der Waals surface area (Å²) in [4.78, 5) is 20.4. The first-order valence-corrected chi connectivity index (χ1v) is 6.48. The Kier molecular flexibility index (Phi) is 4.17. The zero-order valence-electron chi connectivity index (χ0n) is 9.78. The van der Waals surface area contributed by atoms with Crippen molar-refractivity contribution in [3.63, 3.8) is 0 Å². The minimum Gasteiger partial charge on any atom is -0.384 e. The van der Waals surface area contributed by atoms with E-state index in [1.807, 2.05) is 0 Å². The highest BCUT2D eigenvalue weighted by atomic mass is 79.9. The summed E-state index contributed by atoms with van der Waals surface area (Å²) in [5.74, 6) is 1.36. The third-order valence-corrected chi connectivity index (χ3v) is 3.81. The molecule has 0 aliphatic carbocycles. The maximum atomic E-state index is 11.5. The number of rotatable bonds is 3. The van der Waals surface area contributed by atoms with Gasteiger partial charge in [0.05, 0.1) is 6.33 Å². The lowest BCUT2D eigenvalue weighted by Gasteiger charge is -2.32. The van der Waals surface area contributed by atoms with Gasteiger partial charge in [-0.05, 0) is 34.7 Å². The fourth-order valence-electron chi connectivity index (χ4n) is 2.14. The number of hydrogen-bond acceptors (Lipinski definition) is 4. The summed E-state index contributed by atoms with van der Waals surface area (Å²) in [6.45, 7) is 2.66. The Hall–Kier alpha value is -0.880. The Morgan fingerprint density at radius 3 is 2.94 bits per heavy atom. The molecule has 1 aliphatic heterocycles. The number of piperidine rings is 1. The molecule has 2 rings (SSSR count). The van der Waals surface area contributed by atoms with Crippen LogP contribution in [0, 0.1) is 5.92 Å². The van der Waals surface area contributed by atoms with Gasteiger partial charge in [-0.25, -0.2) is 4.98 Å². The molecule has 17 heavy (non-hydrogen) atoms. The number of H-pyrrole nitrogens is 1. The van der Waals surface area contributed by atoms with E-state index in [0.717, 1.165) is 38.4 Å². The Labute approximate surface area is 108 Å². The van der Waals surface area contributed by atoms with Crippen LogP contribution in [0.25, 0.3) is 0 Å². The lowest BCUT2D eigenvalue weighted by atomic mass is 9.98. The topological polar surface area (TPSA) is 58.2 Å². The van der Waals surface area contributed by atoms with E-state index >= 15 is 0 Å². The molecule has 0 saturated carbocycles. The van der Waals surface area contributed by atoms with Crippen LogP contribution >= 0.6 is 15.9 Å². The summed E-state index contributed by atoms with van der Waals surface area (Å²) in [6.07, 6.45) is 3.60. The largest absolute Gasteiger partial charge is 0.384 e. The average Bonchev–Trinajstić information content (AvgIpc) is 2.34. The predicted molar refractivity (Wildman–Crippen MR) is 69.4 cm³/mol. The number of nitrogens with zero attached hydrogens (tertiary/aromatic N) is 2. The van der Waals surface area contributed by atoms with Gasteiger partial charge in [-0.15, -0.1) is 0 Å². The number of anilines is 1. The van der Waals surface area contributed by atoms with Gasteiger partial charge in [0.15, 0.2) is 0 Å². The van der Waals surface area contributed by atoms with Crippen molar-refractivity contribution in [2.45, 2.75) is 12.8 Å². The molecule has 1 aromatic heterocycles. The monoisotopic (exact) mass is 301 g/mol. The van der Waals surface area contributed by atoms with E-state index < -0.39 is 0 Å². The number of aromatic amines is 1. The molecule has 1 fully saturated rings. The number of hydrogen-bond donors (Lipinski definition) is 1. The first kappa shape index (κ1) is 12.6. The third kappa shape index (κ3) is 2.87. The van der Waals surface area contributed by atoms with Crippen LogP contribution in [0.15, 0.2) is 15.6 Å². The molecule has 5 nitrogen and oxygen atoms in total. The smallest absolute Gasteiger partial charge is 0.267 e. The molecule has 1 N–H and O–H groups in total. The Morgan fingerprint density at radius 1 is 1.59 bits per heavy atom. The van der Waals surface area contributed by atoms with Gasteiger partial charge < -0.3 is 14.6 Å². The van der Waals surface area contributed by atoms with E-state index in [9.17, 15) is 4.79 Å². The van der Waals surface area contributed by atoms with Crippen LogP contribution in [-0.2, 0) is 4.74 Å². The van der Waals surface area contributed by atoms with Crippen LogP contribution < -0.4 is 10.5 Å². The quantitative estimate of drug-likeness (QED) is 0.917. The highest BCUT2D eigenvalue weighted by Gasteiger charge is 2.22. The molecule has 1 aromatic rings. The fraction of sp³-hybridized carbons (Fsp3) is 0.636. The van der Waals surface area contributed by atoms with Gasteiger partial charge in [-0.1, -0.05) is 0 Å². The summed E-state index contributed by atoms with van der Waals surface area (Å²) in [6, 6.07) is 0. The Morgan fingerprint density at radius 2 is 2.29 bits per heavy atom. The number of nitrogens with one attached hydrogen (secondary N) is 1. The molecule has 0 unspecified atom stereocenters. The van der Waals surface area contributed by atoms with Crippen LogP contribution in [0.5, 0.6) is 0 Å². The summed E-state index contributed by atoms with van der Waals surface area (Å²) in [7, 11) is 1.74. The van der Waals surface area contributed by atoms with Crippen molar-refractivity contribution in [2.24, 2.45) is 5.92 Å². The molecule has 6 heteroatoms. The molecule has 0 spiro atoms. The normalized spacial score (nSPS) is 17.4. The predicted octanol–water partition coefficient (Wildman–Crippen LogP) is 1.40. The van der Waals surface area contributed by atoms with Crippen molar-refractivity contribution in [1.82, 2.24) is 9.97 Å². The van der Waals surface area contributed by atoms with Crippen molar-refractivity contribution in [1.29, 1.82) is 0 Å². The zero-order chi connectivity index (χ0) is 12.3. The van der Waals surface area contributed by atoms with Gasteiger partial charge in [0.2, 0.25) is 0 Å². The molecule has 0 amide bonds. The van der Waals surface area contributed by atoms with E-state index in [-0.39, 0.29) is 5.56 Å². The lowest BCUT2D eigenvalue weighted by Crippen LogP contribution is -2.36. The van der Waals surface area contributed by atoms with Gasteiger partial charge in [0, 0.05) is 26.8 Å². The van der Waals surface area contributed by atoms with E-state index in [0.29, 0.717) is 10.4 Å².